The summed E-state index contributed by atoms with van der Waals surface area (Å²) in [5.74, 6) is -0.628. The molecule has 0 atom stereocenters. The van der Waals surface area contributed by atoms with Crippen LogP contribution in [0.5, 0.6) is 0 Å². The van der Waals surface area contributed by atoms with Crippen molar-refractivity contribution in [3.63, 3.8) is 0 Å². The van der Waals surface area contributed by atoms with E-state index in [4.69, 9.17) is 0 Å². The first-order valence-electron chi connectivity index (χ1n) is 12.5. The van der Waals surface area contributed by atoms with E-state index >= 15 is 0 Å². The molecule has 4 aromatic rings. The molecule has 0 aliphatic carbocycles. The highest BCUT2D eigenvalue weighted by Crippen LogP contribution is 2.26. The molecular formula is C30H31FN4O3S. The summed E-state index contributed by atoms with van der Waals surface area (Å²) in [6, 6.07) is 23.2. The van der Waals surface area contributed by atoms with Crippen molar-refractivity contribution >= 4 is 27.8 Å². The average Bonchev–Trinajstić information content (AvgIpc) is 3.20. The van der Waals surface area contributed by atoms with E-state index in [1.54, 1.807) is 42.5 Å². The Morgan fingerprint density at radius 1 is 1.00 bits per heavy atom. The fourth-order valence-corrected chi connectivity index (χ4v) is 5.75. The molecule has 1 heterocycles. The summed E-state index contributed by atoms with van der Waals surface area (Å²) in [6.45, 7) is 7.47. The lowest BCUT2D eigenvalue weighted by Crippen LogP contribution is -2.39. The minimum absolute atomic E-state index is 0.0856. The van der Waals surface area contributed by atoms with Crippen LogP contribution in [0.25, 0.3) is 5.69 Å². The Bertz CT molecular complexity index is 1580. The van der Waals surface area contributed by atoms with Crippen LogP contribution in [0.2, 0.25) is 0 Å². The summed E-state index contributed by atoms with van der Waals surface area (Å²) >= 11 is 0. The summed E-state index contributed by atoms with van der Waals surface area (Å²) in [5, 5.41) is 4.08. The van der Waals surface area contributed by atoms with Gasteiger partial charge >= 0.3 is 0 Å². The molecule has 0 bridgehead atoms. The molecule has 9 heteroatoms. The maximum Gasteiger partial charge on any atom is 0.264 e. The number of carbonyl (C=O) groups is 1. The van der Waals surface area contributed by atoms with Gasteiger partial charge in [-0.2, -0.15) is 5.10 Å². The van der Waals surface area contributed by atoms with Gasteiger partial charge in [0.15, 0.2) is 0 Å². The van der Waals surface area contributed by atoms with Crippen LogP contribution < -0.4 is 9.73 Å². The molecule has 0 aliphatic heterocycles. The standard InChI is InChI=1S/C30H31FN4O3S/c1-21(2)24-10-14-27(15-11-24)34(39(37,38)29-8-6-5-7-9-29)20-30(36)33-32-19-25-18-22(3)35(23(25)4)28-16-12-26(31)13-17-28/h5-19,21H,20H2,1-4H3,(H,33,36)/b32-19+. The number of sulfonamides is 1. The quantitative estimate of drug-likeness (QED) is 0.216. The van der Waals surface area contributed by atoms with E-state index < -0.39 is 22.5 Å². The van der Waals surface area contributed by atoms with Gasteiger partial charge in [-0.05, 0) is 79.9 Å². The zero-order valence-electron chi connectivity index (χ0n) is 22.3. The largest absolute Gasteiger partial charge is 0.318 e. The molecule has 1 amide bonds. The van der Waals surface area contributed by atoms with Crippen molar-refractivity contribution in [2.24, 2.45) is 5.10 Å². The molecule has 0 radical (unpaired) electrons. The molecule has 0 saturated heterocycles. The van der Waals surface area contributed by atoms with E-state index in [2.05, 4.69) is 24.4 Å². The fourth-order valence-electron chi connectivity index (χ4n) is 4.31. The Hall–Kier alpha value is -4.24. The Morgan fingerprint density at radius 2 is 1.64 bits per heavy atom. The van der Waals surface area contributed by atoms with E-state index in [1.165, 1.54) is 30.5 Å². The summed E-state index contributed by atoms with van der Waals surface area (Å²) in [4.78, 5) is 13.0. The number of benzene rings is 3. The fraction of sp³-hybridized carbons (Fsp3) is 0.200. The number of hydrogen-bond acceptors (Lipinski definition) is 4. The Kier molecular flexibility index (Phi) is 8.30. The average molecular weight is 547 g/mol. The van der Waals surface area contributed by atoms with Crippen molar-refractivity contribution in [2.45, 2.75) is 38.5 Å². The molecule has 1 aromatic heterocycles. The van der Waals surface area contributed by atoms with Gasteiger partial charge in [-0.1, -0.05) is 44.2 Å². The molecule has 0 fully saturated rings. The van der Waals surface area contributed by atoms with Crippen molar-refractivity contribution in [3.05, 3.63) is 113 Å². The van der Waals surface area contributed by atoms with Crippen LogP contribution in [0.1, 0.15) is 42.3 Å². The molecule has 0 aliphatic rings. The van der Waals surface area contributed by atoms with E-state index in [1.807, 2.05) is 36.6 Å². The van der Waals surface area contributed by atoms with E-state index in [-0.39, 0.29) is 16.6 Å². The van der Waals surface area contributed by atoms with E-state index in [0.717, 1.165) is 32.5 Å². The second kappa shape index (κ2) is 11.7. The zero-order chi connectivity index (χ0) is 28.2. The predicted molar refractivity (Wildman–Crippen MR) is 152 cm³/mol. The monoisotopic (exact) mass is 546 g/mol. The number of rotatable bonds is 9. The SMILES string of the molecule is Cc1cc(/C=N/NC(=O)CN(c2ccc(C(C)C)cc2)S(=O)(=O)c2ccccc2)c(C)n1-c1ccc(F)cc1. The van der Waals surface area contributed by atoms with Crippen molar-refractivity contribution in [3.8, 4) is 5.69 Å². The minimum Gasteiger partial charge on any atom is -0.318 e. The number of aromatic nitrogens is 1. The van der Waals surface area contributed by atoms with Gasteiger partial charge in [-0.15, -0.1) is 0 Å². The van der Waals surface area contributed by atoms with Crippen LogP contribution in [-0.2, 0) is 14.8 Å². The summed E-state index contributed by atoms with van der Waals surface area (Å²) in [6.07, 6.45) is 1.51. The number of carbonyl (C=O) groups excluding carboxylic acids is 1. The van der Waals surface area contributed by atoms with Gasteiger partial charge in [0.25, 0.3) is 15.9 Å². The first-order chi connectivity index (χ1) is 18.6. The van der Waals surface area contributed by atoms with Crippen LogP contribution >= 0.6 is 0 Å². The molecule has 3 aromatic carbocycles. The molecule has 202 valence electrons. The highest BCUT2D eigenvalue weighted by atomic mass is 32.2. The Balaban J connectivity index is 1.55. The van der Waals surface area contributed by atoms with Gasteiger partial charge < -0.3 is 4.57 Å². The van der Waals surface area contributed by atoms with Gasteiger partial charge in [0, 0.05) is 22.6 Å². The lowest BCUT2D eigenvalue weighted by atomic mass is 10.0. The number of hydrogen-bond donors (Lipinski definition) is 1. The molecule has 0 spiro atoms. The second-order valence-electron chi connectivity index (χ2n) is 9.50. The summed E-state index contributed by atoms with van der Waals surface area (Å²) in [5.41, 5.74) is 7.23. The zero-order valence-corrected chi connectivity index (χ0v) is 23.1. The van der Waals surface area contributed by atoms with Crippen LogP contribution in [-0.4, -0.2) is 31.7 Å². The number of aryl methyl sites for hydroxylation is 1. The van der Waals surface area contributed by atoms with E-state index in [9.17, 15) is 17.6 Å². The third-order valence-corrected chi connectivity index (χ3v) is 8.20. The number of nitrogens with zero attached hydrogens (tertiary/aromatic N) is 3. The van der Waals surface area contributed by atoms with Crippen molar-refractivity contribution in [1.82, 2.24) is 9.99 Å². The normalized spacial score (nSPS) is 11.7. The number of hydrazone groups is 1. The topological polar surface area (TPSA) is 83.8 Å². The van der Waals surface area contributed by atoms with Crippen LogP contribution in [0.3, 0.4) is 0 Å². The summed E-state index contributed by atoms with van der Waals surface area (Å²) in [7, 11) is -4.01. The van der Waals surface area contributed by atoms with Gasteiger partial charge in [-0.3, -0.25) is 9.10 Å². The first kappa shape index (κ1) is 27.8. The van der Waals surface area contributed by atoms with Crippen LogP contribution in [0.4, 0.5) is 10.1 Å². The molecule has 4 rings (SSSR count). The van der Waals surface area contributed by atoms with E-state index in [0.29, 0.717) is 5.69 Å². The number of anilines is 1. The Morgan fingerprint density at radius 3 is 2.26 bits per heavy atom. The molecule has 1 N–H and O–H groups in total. The smallest absolute Gasteiger partial charge is 0.264 e. The predicted octanol–water partition coefficient (Wildman–Crippen LogP) is 5.70. The Labute approximate surface area is 228 Å². The molecule has 0 unspecified atom stereocenters. The number of nitrogens with one attached hydrogen (secondary N) is 1. The molecule has 0 saturated carbocycles. The molecule has 7 nitrogen and oxygen atoms in total. The van der Waals surface area contributed by atoms with Gasteiger partial charge in [0.2, 0.25) is 0 Å². The van der Waals surface area contributed by atoms with Crippen molar-refractivity contribution in [1.29, 1.82) is 0 Å². The van der Waals surface area contributed by atoms with Crippen LogP contribution in [0, 0.1) is 19.7 Å². The second-order valence-corrected chi connectivity index (χ2v) is 11.4. The van der Waals surface area contributed by atoms with Crippen molar-refractivity contribution in [2.75, 3.05) is 10.8 Å². The van der Waals surface area contributed by atoms with Gasteiger partial charge in [0.05, 0.1) is 16.8 Å². The summed E-state index contributed by atoms with van der Waals surface area (Å²) < 4.78 is 43.4. The van der Waals surface area contributed by atoms with Crippen LogP contribution in [0.15, 0.2) is 94.9 Å². The third-order valence-electron chi connectivity index (χ3n) is 6.41. The number of halogens is 1. The van der Waals surface area contributed by atoms with Gasteiger partial charge in [0.1, 0.15) is 12.4 Å². The minimum atomic E-state index is -4.01. The maximum atomic E-state index is 13.5. The van der Waals surface area contributed by atoms with Gasteiger partial charge in [-0.25, -0.2) is 18.2 Å². The molecular weight excluding hydrogens is 515 g/mol. The van der Waals surface area contributed by atoms with Crippen molar-refractivity contribution < 1.29 is 17.6 Å². The molecule has 39 heavy (non-hydrogen) atoms. The third kappa shape index (κ3) is 6.26. The highest BCUT2D eigenvalue weighted by molar-refractivity contribution is 7.92. The first-order valence-corrected chi connectivity index (χ1v) is 14.0. The number of amides is 1. The highest BCUT2D eigenvalue weighted by Gasteiger charge is 2.27. The lowest BCUT2D eigenvalue weighted by Gasteiger charge is -2.24. The lowest BCUT2D eigenvalue weighted by molar-refractivity contribution is -0.119. The maximum absolute atomic E-state index is 13.5.